The van der Waals surface area contributed by atoms with Crippen molar-refractivity contribution in [2.45, 2.75) is 97.1 Å². The van der Waals surface area contributed by atoms with Crippen LogP contribution in [0.2, 0.25) is 0 Å². The number of nitrogens with two attached hydrogens (primary N) is 1. The normalized spacial score (nSPS) is 21.7. The number of carbonyl (C=O) groups excluding carboxylic acids is 7. The molecule has 0 spiro atoms. The lowest BCUT2D eigenvalue weighted by Gasteiger charge is -2.23. The summed E-state index contributed by atoms with van der Waals surface area (Å²) in [6, 6.07) is 15.0. The number of carboxylic acid groups (broad SMARTS) is 1. The summed E-state index contributed by atoms with van der Waals surface area (Å²) in [5.41, 5.74) is 10.8. The van der Waals surface area contributed by atoms with E-state index < -0.39 is 30.0 Å². The van der Waals surface area contributed by atoms with Gasteiger partial charge in [-0.15, -0.1) is 0 Å². The molecule has 7 N–H and O–H groups in total. The number of amides is 4. The number of methoxy groups -OCH3 is 3. The van der Waals surface area contributed by atoms with Gasteiger partial charge in [-0.2, -0.15) is 0 Å². The zero-order chi connectivity index (χ0) is 48.5. The molecular formula is C49H69N5O12. The molecule has 4 amide bonds. The van der Waals surface area contributed by atoms with Gasteiger partial charge in [0.25, 0.3) is 0 Å². The molecule has 3 saturated heterocycles. The number of esters is 3. The Labute approximate surface area is 387 Å². The van der Waals surface area contributed by atoms with E-state index in [1.54, 1.807) is 13.8 Å². The third-order valence-corrected chi connectivity index (χ3v) is 13.5. The van der Waals surface area contributed by atoms with Crippen LogP contribution >= 0.6 is 0 Å². The molecular weight excluding hydrogens is 851 g/mol. The van der Waals surface area contributed by atoms with Crippen molar-refractivity contribution in [3.05, 3.63) is 70.8 Å². The summed E-state index contributed by atoms with van der Waals surface area (Å²) in [5, 5.41) is 19.9. The summed E-state index contributed by atoms with van der Waals surface area (Å²) in [4.78, 5) is 91.7. The molecule has 0 radical (unpaired) electrons. The van der Waals surface area contributed by atoms with Crippen LogP contribution in [0.4, 0.5) is 0 Å². The van der Waals surface area contributed by atoms with Gasteiger partial charge < -0.3 is 46.3 Å². The standard InChI is InChI=1S/C20H26N2O4.C12H14O2.C9H15NO3.C8H14N2O3/c1-12(16-9-13-5-3-4-6-14(13)10-16)18(23)22-17(20(25)26-2)11-15-7-8-21-19(15)24;1-8(12(13)14)11-6-9-4-2-3-5-10(9)7-11;1-6(9(12)13-2)5-7-3-4-10-8(7)11;1-13-8(12)6(9)4-5-2-3-10-7(5)11/h3-6,12,15-17H,7-11H2,1-2H3,(H,21,24)(H,22,23);2-5,8,11H,6-7H2,1H3,(H,13,14);6-7H,3-5H2,1-2H3,(H,10,11);5-6H,2-4,9H2,1H3,(H,10,11)/t12-,15-,17-;8-;6-,7-;5-,6-/m0000/s1. The number of carboxylic acids is 1. The Bertz CT molecular complexity index is 1930. The van der Waals surface area contributed by atoms with Crippen molar-refractivity contribution in [1.29, 1.82) is 0 Å². The number of rotatable bonds is 14. The lowest BCUT2D eigenvalue weighted by molar-refractivity contribution is -0.146. The van der Waals surface area contributed by atoms with Crippen LogP contribution in [0, 0.1) is 47.3 Å². The summed E-state index contributed by atoms with van der Waals surface area (Å²) in [7, 11) is 3.96. The number of fused-ring (bicyclic) bond motifs is 2. The molecule has 2 aromatic carbocycles. The van der Waals surface area contributed by atoms with Gasteiger partial charge in [0.15, 0.2) is 0 Å². The van der Waals surface area contributed by atoms with Crippen molar-refractivity contribution >= 4 is 47.5 Å². The molecule has 17 nitrogen and oxygen atoms in total. The average Bonchev–Trinajstić information content (AvgIpc) is 4.18. The maximum absolute atomic E-state index is 12.7. The zero-order valence-corrected chi connectivity index (χ0v) is 39.1. The molecule has 0 saturated carbocycles. The van der Waals surface area contributed by atoms with E-state index in [-0.39, 0.29) is 83.4 Å². The molecule has 3 heterocycles. The van der Waals surface area contributed by atoms with Gasteiger partial charge in [-0.1, -0.05) is 69.3 Å². The van der Waals surface area contributed by atoms with E-state index in [4.69, 9.17) is 15.6 Å². The highest BCUT2D eigenvalue weighted by Gasteiger charge is 2.36. The fourth-order valence-corrected chi connectivity index (χ4v) is 9.14. The molecule has 2 aliphatic carbocycles. The summed E-state index contributed by atoms with van der Waals surface area (Å²) in [5.74, 6) is -2.56. The Morgan fingerprint density at radius 2 is 0.985 bits per heavy atom. The van der Waals surface area contributed by atoms with Gasteiger partial charge in [-0.05, 0) is 98.3 Å². The average molecular weight is 920 g/mol. The molecule has 0 unspecified atom stereocenters. The molecule has 2 aromatic rings. The quantitative estimate of drug-likeness (QED) is 0.118. The largest absolute Gasteiger partial charge is 0.481 e. The van der Waals surface area contributed by atoms with Gasteiger partial charge in [0, 0.05) is 43.3 Å². The summed E-state index contributed by atoms with van der Waals surface area (Å²) in [6.07, 6.45) is 7.10. The first-order chi connectivity index (χ1) is 31.5. The van der Waals surface area contributed by atoms with Crippen LogP contribution < -0.4 is 27.0 Å². The monoisotopic (exact) mass is 919 g/mol. The highest BCUT2D eigenvalue weighted by Crippen LogP contribution is 2.33. The smallest absolute Gasteiger partial charge is 0.328 e. The van der Waals surface area contributed by atoms with E-state index in [0.717, 1.165) is 45.1 Å². The predicted molar refractivity (Wildman–Crippen MR) is 243 cm³/mol. The summed E-state index contributed by atoms with van der Waals surface area (Å²) < 4.78 is 13.9. The highest BCUT2D eigenvalue weighted by molar-refractivity contribution is 5.87. The minimum absolute atomic E-state index is 0.00546. The third kappa shape index (κ3) is 15.1. The molecule has 3 fully saturated rings. The Morgan fingerprint density at radius 3 is 1.35 bits per heavy atom. The zero-order valence-electron chi connectivity index (χ0n) is 39.1. The van der Waals surface area contributed by atoms with Crippen LogP contribution in [0.3, 0.4) is 0 Å². The van der Waals surface area contributed by atoms with Crippen molar-refractivity contribution < 1.29 is 57.7 Å². The number of benzene rings is 2. The molecule has 362 valence electrons. The number of carbonyl (C=O) groups is 8. The molecule has 5 aliphatic rings. The lowest BCUT2D eigenvalue weighted by Crippen LogP contribution is -2.46. The highest BCUT2D eigenvalue weighted by atomic mass is 16.5. The van der Waals surface area contributed by atoms with Crippen LogP contribution in [-0.4, -0.2) is 106 Å². The molecule has 0 bridgehead atoms. The number of hydrogen-bond acceptors (Lipinski definition) is 12. The van der Waals surface area contributed by atoms with Gasteiger partial charge in [-0.25, -0.2) is 4.79 Å². The first-order valence-electron chi connectivity index (χ1n) is 23.0. The molecule has 17 heteroatoms. The van der Waals surface area contributed by atoms with Crippen LogP contribution in [0.5, 0.6) is 0 Å². The van der Waals surface area contributed by atoms with E-state index in [2.05, 4.69) is 55.0 Å². The van der Waals surface area contributed by atoms with Gasteiger partial charge in [0.05, 0.1) is 33.2 Å². The van der Waals surface area contributed by atoms with E-state index in [9.17, 15) is 38.4 Å². The first kappa shape index (κ1) is 52.8. The topological polar surface area (TPSA) is 259 Å². The Morgan fingerprint density at radius 1 is 0.606 bits per heavy atom. The second-order valence-corrected chi connectivity index (χ2v) is 18.0. The van der Waals surface area contributed by atoms with E-state index in [1.807, 2.05) is 31.2 Å². The van der Waals surface area contributed by atoms with Gasteiger partial charge in [0.1, 0.15) is 12.1 Å². The third-order valence-electron chi connectivity index (χ3n) is 13.5. The van der Waals surface area contributed by atoms with Crippen molar-refractivity contribution in [3.8, 4) is 0 Å². The van der Waals surface area contributed by atoms with Crippen LogP contribution in [0.15, 0.2) is 48.5 Å². The van der Waals surface area contributed by atoms with Crippen LogP contribution in [0.25, 0.3) is 0 Å². The molecule has 8 atom stereocenters. The molecule has 3 aliphatic heterocycles. The minimum Gasteiger partial charge on any atom is -0.481 e. The maximum atomic E-state index is 12.7. The molecule has 66 heavy (non-hydrogen) atoms. The van der Waals surface area contributed by atoms with Crippen molar-refractivity contribution in [2.75, 3.05) is 41.0 Å². The number of aliphatic carboxylic acids is 1. The van der Waals surface area contributed by atoms with Gasteiger partial charge >= 0.3 is 23.9 Å². The second kappa shape index (κ2) is 25.7. The van der Waals surface area contributed by atoms with E-state index in [1.165, 1.54) is 43.6 Å². The van der Waals surface area contributed by atoms with E-state index in [0.29, 0.717) is 32.4 Å². The van der Waals surface area contributed by atoms with Crippen molar-refractivity contribution in [2.24, 2.45) is 53.1 Å². The second-order valence-electron chi connectivity index (χ2n) is 18.0. The Balaban J connectivity index is 0.000000204. The number of hydrogen-bond donors (Lipinski definition) is 6. The fourth-order valence-electron chi connectivity index (χ4n) is 9.14. The SMILES string of the molecule is COC(=O)[C@@H](C)C[C@@H]1CCNC1=O.COC(=O)[C@@H](N)C[C@@H]1CCNC1=O.COC(=O)[C@H](C[C@@H]1CCNC1=O)NC(=O)[C@@H](C)C1Cc2ccccc2C1.C[C@H](C(=O)O)C1Cc2ccccc2C1. The Kier molecular flexibility index (Phi) is 20.6. The number of ether oxygens (including phenoxy) is 3. The van der Waals surface area contributed by atoms with Crippen molar-refractivity contribution in [1.82, 2.24) is 21.3 Å². The lowest BCUT2D eigenvalue weighted by atomic mass is 9.90. The molecule has 7 rings (SSSR count). The summed E-state index contributed by atoms with van der Waals surface area (Å²) >= 11 is 0. The predicted octanol–water partition coefficient (Wildman–Crippen LogP) is 2.68. The van der Waals surface area contributed by atoms with Gasteiger partial charge in [0.2, 0.25) is 23.6 Å². The first-order valence-corrected chi connectivity index (χ1v) is 23.0. The molecule has 0 aromatic heterocycles. The van der Waals surface area contributed by atoms with Crippen LogP contribution in [-0.2, 0) is 78.3 Å². The van der Waals surface area contributed by atoms with Crippen LogP contribution in [0.1, 0.15) is 81.5 Å². The van der Waals surface area contributed by atoms with Gasteiger partial charge in [-0.3, -0.25) is 33.6 Å². The van der Waals surface area contributed by atoms with Crippen molar-refractivity contribution in [3.63, 3.8) is 0 Å². The van der Waals surface area contributed by atoms with E-state index >= 15 is 0 Å². The minimum atomic E-state index is -0.785. The fraction of sp³-hybridized carbons (Fsp3) is 0.592. The Hall–Kier alpha value is -5.84. The number of nitrogens with one attached hydrogen (secondary N) is 4. The summed E-state index contributed by atoms with van der Waals surface area (Å²) in [6.45, 7) is 7.52. The maximum Gasteiger partial charge on any atom is 0.328 e.